The van der Waals surface area contributed by atoms with Gasteiger partial charge in [-0.1, -0.05) is 48.0 Å². The summed E-state index contributed by atoms with van der Waals surface area (Å²) in [7, 11) is 0. The van der Waals surface area contributed by atoms with Gasteiger partial charge in [0, 0.05) is 5.02 Å². The third-order valence-electron chi connectivity index (χ3n) is 3.22. The van der Waals surface area contributed by atoms with E-state index in [4.69, 9.17) is 11.6 Å². The molecule has 0 saturated carbocycles. The van der Waals surface area contributed by atoms with Crippen molar-refractivity contribution in [2.45, 2.75) is 18.8 Å². The summed E-state index contributed by atoms with van der Waals surface area (Å²) in [5.74, 6) is -1.92. The SMILES string of the molecule is O=C(O)C(CCc1ccc(Cl)cc1F)c1ccccc1. The van der Waals surface area contributed by atoms with E-state index in [2.05, 4.69) is 0 Å². The Hall–Kier alpha value is -1.87. The second kappa shape index (κ2) is 6.53. The number of hydrogen-bond acceptors (Lipinski definition) is 1. The monoisotopic (exact) mass is 292 g/mol. The lowest BCUT2D eigenvalue weighted by Gasteiger charge is -2.13. The third kappa shape index (κ3) is 3.58. The zero-order valence-electron chi connectivity index (χ0n) is 10.7. The zero-order valence-corrected chi connectivity index (χ0v) is 11.5. The minimum atomic E-state index is -0.898. The van der Waals surface area contributed by atoms with E-state index in [1.165, 1.54) is 6.07 Å². The topological polar surface area (TPSA) is 37.3 Å². The number of hydrogen-bond donors (Lipinski definition) is 1. The number of halogens is 2. The summed E-state index contributed by atoms with van der Waals surface area (Å²) < 4.78 is 13.7. The Morgan fingerprint density at radius 2 is 1.90 bits per heavy atom. The van der Waals surface area contributed by atoms with Crippen LogP contribution in [0.1, 0.15) is 23.5 Å². The van der Waals surface area contributed by atoms with Crippen LogP contribution in [0.2, 0.25) is 5.02 Å². The van der Waals surface area contributed by atoms with Crippen molar-refractivity contribution in [1.82, 2.24) is 0 Å². The molecular formula is C16H14ClFO2. The Labute approximate surface area is 121 Å². The minimum Gasteiger partial charge on any atom is -0.481 e. The van der Waals surface area contributed by atoms with Crippen LogP contribution in [0.5, 0.6) is 0 Å². The molecule has 0 aromatic heterocycles. The molecule has 0 bridgehead atoms. The highest BCUT2D eigenvalue weighted by Crippen LogP contribution is 2.24. The van der Waals surface area contributed by atoms with Crippen molar-refractivity contribution in [3.8, 4) is 0 Å². The van der Waals surface area contributed by atoms with Crippen LogP contribution >= 0.6 is 11.6 Å². The van der Waals surface area contributed by atoms with Crippen molar-refractivity contribution in [3.63, 3.8) is 0 Å². The second-order valence-electron chi connectivity index (χ2n) is 4.58. The molecule has 0 radical (unpaired) electrons. The van der Waals surface area contributed by atoms with Gasteiger partial charge in [-0.25, -0.2) is 4.39 Å². The molecule has 1 atom stereocenters. The lowest BCUT2D eigenvalue weighted by Crippen LogP contribution is -2.12. The summed E-state index contributed by atoms with van der Waals surface area (Å²) in [5.41, 5.74) is 1.21. The summed E-state index contributed by atoms with van der Waals surface area (Å²) in [6.07, 6.45) is 0.701. The Kier molecular flexibility index (Phi) is 4.74. The zero-order chi connectivity index (χ0) is 14.5. The molecule has 0 heterocycles. The molecule has 0 spiro atoms. The molecule has 4 heteroatoms. The number of aryl methyl sites for hydroxylation is 1. The molecule has 2 rings (SSSR count). The molecular weight excluding hydrogens is 279 g/mol. The third-order valence-corrected chi connectivity index (χ3v) is 3.45. The molecule has 0 saturated heterocycles. The lowest BCUT2D eigenvalue weighted by molar-refractivity contribution is -0.138. The highest BCUT2D eigenvalue weighted by atomic mass is 35.5. The standard InChI is InChI=1S/C16H14ClFO2/c17-13-8-6-12(15(18)10-13)7-9-14(16(19)20)11-4-2-1-3-5-11/h1-6,8,10,14H,7,9H2,(H,19,20). The summed E-state index contributed by atoms with van der Waals surface area (Å²) in [6, 6.07) is 13.4. The van der Waals surface area contributed by atoms with Gasteiger partial charge in [0.2, 0.25) is 0 Å². The average molecular weight is 293 g/mol. The normalized spacial score (nSPS) is 12.1. The lowest BCUT2D eigenvalue weighted by atomic mass is 9.92. The summed E-state index contributed by atoms with van der Waals surface area (Å²) >= 11 is 5.69. The van der Waals surface area contributed by atoms with Crippen LogP contribution < -0.4 is 0 Å². The first kappa shape index (κ1) is 14.5. The van der Waals surface area contributed by atoms with Crippen molar-refractivity contribution in [1.29, 1.82) is 0 Å². The maximum absolute atomic E-state index is 13.7. The highest BCUT2D eigenvalue weighted by Gasteiger charge is 2.19. The van der Waals surface area contributed by atoms with Crippen molar-refractivity contribution in [2.75, 3.05) is 0 Å². The van der Waals surface area contributed by atoms with Crippen LogP contribution in [-0.4, -0.2) is 11.1 Å². The number of carboxylic acids is 1. The van der Waals surface area contributed by atoms with Gasteiger partial charge in [-0.2, -0.15) is 0 Å². The van der Waals surface area contributed by atoms with Gasteiger partial charge < -0.3 is 5.11 Å². The van der Waals surface area contributed by atoms with Gasteiger partial charge in [0.05, 0.1) is 5.92 Å². The number of aliphatic carboxylic acids is 1. The predicted molar refractivity (Wildman–Crippen MR) is 76.5 cm³/mol. The van der Waals surface area contributed by atoms with Crippen LogP contribution in [0, 0.1) is 5.82 Å². The maximum Gasteiger partial charge on any atom is 0.310 e. The molecule has 0 aliphatic carbocycles. The smallest absolute Gasteiger partial charge is 0.310 e. The molecule has 2 nitrogen and oxygen atoms in total. The van der Waals surface area contributed by atoms with Crippen molar-refractivity contribution >= 4 is 17.6 Å². The fourth-order valence-corrected chi connectivity index (χ4v) is 2.30. The molecule has 0 aliphatic heterocycles. The van der Waals surface area contributed by atoms with Crippen LogP contribution in [0.3, 0.4) is 0 Å². The van der Waals surface area contributed by atoms with Gasteiger partial charge >= 0.3 is 5.97 Å². The first-order valence-corrected chi connectivity index (χ1v) is 6.67. The van der Waals surface area contributed by atoms with Crippen molar-refractivity contribution in [2.24, 2.45) is 0 Å². The number of carboxylic acid groups (broad SMARTS) is 1. The Balaban J connectivity index is 2.12. The fraction of sp³-hybridized carbons (Fsp3) is 0.188. The van der Waals surface area contributed by atoms with Crippen LogP contribution in [0.15, 0.2) is 48.5 Å². The largest absolute Gasteiger partial charge is 0.481 e. The summed E-state index contributed by atoms with van der Waals surface area (Å²) in [4.78, 5) is 11.3. The van der Waals surface area contributed by atoms with E-state index in [0.29, 0.717) is 23.4 Å². The molecule has 2 aromatic rings. The summed E-state index contributed by atoms with van der Waals surface area (Å²) in [5, 5.41) is 9.64. The van der Waals surface area contributed by atoms with Crippen LogP contribution in [0.4, 0.5) is 4.39 Å². The number of rotatable bonds is 5. The van der Waals surface area contributed by atoms with Gasteiger partial charge in [0.25, 0.3) is 0 Å². The Bertz CT molecular complexity index is 599. The molecule has 0 fully saturated rings. The number of carbonyl (C=O) groups is 1. The molecule has 1 N–H and O–H groups in total. The van der Waals surface area contributed by atoms with E-state index < -0.39 is 17.7 Å². The second-order valence-corrected chi connectivity index (χ2v) is 5.01. The highest BCUT2D eigenvalue weighted by molar-refractivity contribution is 6.30. The molecule has 104 valence electrons. The predicted octanol–water partition coefficient (Wildman–Crippen LogP) is 4.28. The van der Waals surface area contributed by atoms with E-state index in [1.54, 1.807) is 36.4 Å². The van der Waals surface area contributed by atoms with E-state index >= 15 is 0 Å². The summed E-state index contributed by atoms with van der Waals surface area (Å²) in [6.45, 7) is 0. The van der Waals surface area contributed by atoms with E-state index in [-0.39, 0.29) is 0 Å². The first-order chi connectivity index (χ1) is 9.58. The Morgan fingerprint density at radius 3 is 2.50 bits per heavy atom. The first-order valence-electron chi connectivity index (χ1n) is 6.29. The fourth-order valence-electron chi connectivity index (χ4n) is 2.14. The van der Waals surface area contributed by atoms with Gasteiger partial charge in [0.1, 0.15) is 5.82 Å². The van der Waals surface area contributed by atoms with Crippen LogP contribution in [0.25, 0.3) is 0 Å². The molecule has 0 aliphatic rings. The maximum atomic E-state index is 13.7. The van der Waals surface area contributed by atoms with Gasteiger partial charge in [-0.15, -0.1) is 0 Å². The van der Waals surface area contributed by atoms with Crippen LogP contribution in [-0.2, 0) is 11.2 Å². The van der Waals surface area contributed by atoms with Crippen molar-refractivity contribution < 1.29 is 14.3 Å². The van der Waals surface area contributed by atoms with E-state index in [9.17, 15) is 14.3 Å². The van der Waals surface area contributed by atoms with Gasteiger partial charge in [-0.05, 0) is 36.1 Å². The molecule has 2 aromatic carbocycles. The van der Waals surface area contributed by atoms with Gasteiger partial charge in [-0.3, -0.25) is 4.79 Å². The van der Waals surface area contributed by atoms with E-state index in [1.807, 2.05) is 6.07 Å². The van der Waals surface area contributed by atoms with Crippen molar-refractivity contribution in [3.05, 3.63) is 70.5 Å². The minimum absolute atomic E-state index is 0.337. The quantitative estimate of drug-likeness (QED) is 0.893. The average Bonchev–Trinajstić information content (AvgIpc) is 2.42. The molecule has 20 heavy (non-hydrogen) atoms. The Morgan fingerprint density at radius 1 is 1.20 bits per heavy atom. The molecule has 0 amide bonds. The molecule has 1 unspecified atom stereocenters. The van der Waals surface area contributed by atoms with Gasteiger partial charge in [0.15, 0.2) is 0 Å². The number of benzene rings is 2. The van der Waals surface area contributed by atoms with E-state index in [0.717, 1.165) is 5.56 Å².